The summed E-state index contributed by atoms with van der Waals surface area (Å²) in [6.07, 6.45) is 3.45. The van der Waals surface area contributed by atoms with Crippen molar-refractivity contribution >= 4 is 16.1 Å². The number of nitrogens with zero attached hydrogens (tertiary/aromatic N) is 2. The van der Waals surface area contributed by atoms with E-state index in [1.807, 2.05) is 44.0 Å². The highest BCUT2D eigenvalue weighted by Gasteiger charge is 2.38. The molecule has 0 unspecified atom stereocenters. The number of sulfonamides is 1. The highest BCUT2D eigenvalue weighted by molar-refractivity contribution is 7.89. The van der Waals surface area contributed by atoms with Crippen molar-refractivity contribution < 1.29 is 22.7 Å². The molecular formula is C25H33FN2O4S. The Morgan fingerprint density at radius 1 is 1.30 bits per heavy atom. The predicted molar refractivity (Wildman–Crippen MR) is 128 cm³/mol. The van der Waals surface area contributed by atoms with E-state index in [0.29, 0.717) is 18.8 Å². The number of benzene rings is 2. The lowest BCUT2D eigenvalue weighted by atomic mass is 10.0. The number of likely N-dealkylation sites (N-methyl/N-ethyl adjacent to an activating group) is 1. The molecule has 3 rings (SSSR count). The average Bonchev–Trinajstić information content (AvgIpc) is 2.76. The third kappa shape index (κ3) is 6.00. The van der Waals surface area contributed by atoms with Crippen molar-refractivity contribution in [2.45, 2.75) is 44.4 Å². The molecule has 2 aromatic carbocycles. The Hall–Kier alpha value is -2.26. The van der Waals surface area contributed by atoms with Gasteiger partial charge in [0.2, 0.25) is 10.0 Å². The number of halogens is 1. The van der Waals surface area contributed by atoms with Gasteiger partial charge in [-0.15, -0.1) is 0 Å². The minimum absolute atomic E-state index is 0.0979. The molecule has 1 aliphatic heterocycles. The molecule has 0 aliphatic carbocycles. The number of fused-ring (bicyclic) bond motifs is 1. The molecule has 0 fully saturated rings. The van der Waals surface area contributed by atoms with E-state index in [1.165, 1.54) is 16.4 Å². The van der Waals surface area contributed by atoms with Crippen LogP contribution in [0.4, 0.5) is 4.39 Å². The molecule has 33 heavy (non-hydrogen) atoms. The van der Waals surface area contributed by atoms with Gasteiger partial charge in [-0.1, -0.05) is 37.3 Å². The molecule has 0 spiro atoms. The lowest BCUT2D eigenvalue weighted by molar-refractivity contribution is 0.0733. The van der Waals surface area contributed by atoms with Crippen LogP contribution in [0.3, 0.4) is 0 Å². The molecule has 0 aromatic heterocycles. The quantitative estimate of drug-likeness (QED) is 0.659. The van der Waals surface area contributed by atoms with Crippen LogP contribution in [0.15, 0.2) is 53.4 Å². The Labute approximate surface area is 196 Å². The van der Waals surface area contributed by atoms with Gasteiger partial charge in [0.15, 0.2) is 0 Å². The molecule has 0 saturated carbocycles. The van der Waals surface area contributed by atoms with Gasteiger partial charge >= 0.3 is 0 Å². The summed E-state index contributed by atoms with van der Waals surface area (Å²) < 4.78 is 48.2. The third-order valence-electron chi connectivity index (χ3n) is 5.88. The van der Waals surface area contributed by atoms with Crippen molar-refractivity contribution in [3.05, 3.63) is 65.5 Å². The van der Waals surface area contributed by atoms with Crippen molar-refractivity contribution in [1.29, 1.82) is 0 Å². The summed E-state index contributed by atoms with van der Waals surface area (Å²) in [7, 11) is -1.92. The maximum absolute atomic E-state index is 13.6. The molecule has 3 atom stereocenters. The second-order valence-corrected chi connectivity index (χ2v) is 10.6. The molecule has 2 aromatic rings. The molecule has 8 heteroatoms. The molecule has 1 N–H and O–H groups in total. The molecule has 1 heterocycles. The summed E-state index contributed by atoms with van der Waals surface area (Å²) in [5, 5.41) is 9.74. The van der Waals surface area contributed by atoms with Gasteiger partial charge < -0.3 is 9.84 Å². The first-order chi connectivity index (χ1) is 15.6. The second kappa shape index (κ2) is 10.8. The molecular weight excluding hydrogens is 443 g/mol. The Balaban J connectivity index is 1.96. The van der Waals surface area contributed by atoms with Gasteiger partial charge in [0.25, 0.3) is 0 Å². The van der Waals surface area contributed by atoms with E-state index in [-0.39, 0.29) is 35.9 Å². The Bertz CT molecular complexity index is 1090. The lowest BCUT2D eigenvalue weighted by Gasteiger charge is -2.37. The number of allylic oxidation sites excluding steroid dienone is 1. The molecule has 0 amide bonds. The molecule has 6 nitrogen and oxygen atoms in total. The number of aliphatic hydroxyl groups is 1. The summed E-state index contributed by atoms with van der Waals surface area (Å²) in [6, 6.07) is 11.0. The molecule has 0 radical (unpaired) electrons. The number of hydrogen-bond acceptors (Lipinski definition) is 5. The van der Waals surface area contributed by atoms with Crippen LogP contribution in [0, 0.1) is 11.7 Å². The Morgan fingerprint density at radius 3 is 2.73 bits per heavy atom. The van der Waals surface area contributed by atoms with Crippen molar-refractivity contribution in [3.8, 4) is 5.75 Å². The first-order valence-electron chi connectivity index (χ1n) is 11.1. The van der Waals surface area contributed by atoms with Gasteiger partial charge in [0.05, 0.1) is 6.61 Å². The highest BCUT2D eigenvalue weighted by Crippen LogP contribution is 2.34. The van der Waals surface area contributed by atoms with Gasteiger partial charge in [0, 0.05) is 31.6 Å². The minimum atomic E-state index is -3.85. The van der Waals surface area contributed by atoms with Gasteiger partial charge in [-0.2, -0.15) is 4.31 Å². The van der Waals surface area contributed by atoms with Crippen LogP contribution in [0.25, 0.3) is 6.08 Å². The lowest BCUT2D eigenvalue weighted by Crippen LogP contribution is -2.49. The van der Waals surface area contributed by atoms with Crippen LogP contribution < -0.4 is 4.74 Å². The van der Waals surface area contributed by atoms with E-state index in [2.05, 4.69) is 0 Å². The Morgan fingerprint density at radius 2 is 2.06 bits per heavy atom. The standard InChI is InChI=1S/C25H33FN2O4S/c1-5-7-20-10-11-25-23(13-20)32-24(16-27(4)15-21-8-6-9-22(26)12-21)18(2)14-28(19(3)17-29)33(25,30)31/h5-13,18-19,24,29H,14-17H2,1-4H3/b7-5+/t18-,19+,24+/m1/s1. The number of rotatable bonds is 7. The fraction of sp³-hybridized carbons (Fsp3) is 0.440. The van der Waals surface area contributed by atoms with Crippen molar-refractivity contribution in [1.82, 2.24) is 9.21 Å². The first kappa shape index (κ1) is 25.4. The SMILES string of the molecule is C/C=C/c1ccc2c(c1)O[C@@H](CN(C)Cc1cccc(F)c1)[C@H](C)CN([C@@H](C)CO)S2(=O)=O. The predicted octanol–water partition coefficient (Wildman–Crippen LogP) is 3.76. The van der Waals surface area contributed by atoms with E-state index in [1.54, 1.807) is 31.2 Å². The third-order valence-corrected chi connectivity index (χ3v) is 7.90. The van der Waals surface area contributed by atoms with E-state index in [0.717, 1.165) is 11.1 Å². The largest absolute Gasteiger partial charge is 0.487 e. The Kier molecular flexibility index (Phi) is 8.28. The highest BCUT2D eigenvalue weighted by atomic mass is 32.2. The maximum Gasteiger partial charge on any atom is 0.247 e. The monoisotopic (exact) mass is 476 g/mol. The van der Waals surface area contributed by atoms with Crippen LogP contribution in [-0.4, -0.2) is 61.6 Å². The van der Waals surface area contributed by atoms with Gasteiger partial charge in [-0.25, -0.2) is 12.8 Å². The maximum atomic E-state index is 13.6. The zero-order valence-electron chi connectivity index (χ0n) is 19.6. The van der Waals surface area contributed by atoms with Crippen molar-refractivity contribution in [3.63, 3.8) is 0 Å². The average molecular weight is 477 g/mol. The summed E-state index contributed by atoms with van der Waals surface area (Å²) in [5.74, 6) is -0.126. The summed E-state index contributed by atoms with van der Waals surface area (Å²) in [4.78, 5) is 2.14. The number of ether oxygens (including phenoxy) is 1. The second-order valence-electron chi connectivity index (χ2n) is 8.77. The molecule has 0 bridgehead atoms. The molecule has 1 aliphatic rings. The smallest absolute Gasteiger partial charge is 0.247 e. The normalized spacial score (nSPS) is 21.9. The summed E-state index contributed by atoms with van der Waals surface area (Å²) >= 11 is 0. The van der Waals surface area contributed by atoms with Crippen LogP contribution in [0.5, 0.6) is 5.75 Å². The molecule has 180 valence electrons. The summed E-state index contributed by atoms with van der Waals surface area (Å²) in [6.45, 7) is 6.55. The van der Waals surface area contributed by atoms with Crippen molar-refractivity contribution in [2.75, 3.05) is 26.7 Å². The van der Waals surface area contributed by atoms with Gasteiger partial charge in [0.1, 0.15) is 22.6 Å². The fourth-order valence-electron chi connectivity index (χ4n) is 4.07. The van der Waals surface area contributed by atoms with Gasteiger partial charge in [-0.3, -0.25) is 4.90 Å². The van der Waals surface area contributed by atoms with E-state index in [4.69, 9.17) is 4.74 Å². The van der Waals surface area contributed by atoms with E-state index < -0.39 is 16.1 Å². The number of hydrogen-bond donors (Lipinski definition) is 1. The van der Waals surface area contributed by atoms with Crippen molar-refractivity contribution in [2.24, 2.45) is 5.92 Å². The van der Waals surface area contributed by atoms with Gasteiger partial charge in [-0.05, 0) is 56.3 Å². The summed E-state index contributed by atoms with van der Waals surface area (Å²) in [5.41, 5.74) is 1.69. The zero-order chi connectivity index (χ0) is 24.2. The number of aliphatic hydroxyl groups excluding tert-OH is 1. The minimum Gasteiger partial charge on any atom is -0.487 e. The van der Waals surface area contributed by atoms with E-state index >= 15 is 0 Å². The van der Waals surface area contributed by atoms with Crippen LogP contribution >= 0.6 is 0 Å². The van der Waals surface area contributed by atoms with Crippen LogP contribution in [0.1, 0.15) is 31.9 Å². The fourth-order valence-corrected chi connectivity index (χ4v) is 5.90. The first-order valence-corrected chi connectivity index (χ1v) is 12.6. The van der Waals surface area contributed by atoms with Crippen LogP contribution in [0.2, 0.25) is 0 Å². The topological polar surface area (TPSA) is 70.1 Å². The van der Waals surface area contributed by atoms with E-state index in [9.17, 15) is 17.9 Å². The van der Waals surface area contributed by atoms with Crippen LogP contribution in [-0.2, 0) is 16.6 Å². The zero-order valence-corrected chi connectivity index (χ0v) is 20.4. The molecule has 0 saturated heterocycles.